The molecule has 0 bridgehead atoms. The number of nitrogens with zero attached hydrogens (tertiary/aromatic N) is 2. The molecule has 3 aliphatic rings. The largest absolute Gasteiger partial charge is 0.535 e. The van der Waals surface area contributed by atoms with Gasteiger partial charge in [0.15, 0.2) is 0 Å². The predicted molar refractivity (Wildman–Crippen MR) is 112 cm³/mol. The van der Waals surface area contributed by atoms with Gasteiger partial charge in [-0.15, -0.1) is 0 Å². The van der Waals surface area contributed by atoms with E-state index in [9.17, 15) is 20.0 Å². The van der Waals surface area contributed by atoms with Gasteiger partial charge in [0.25, 0.3) is 0 Å². The number of benzene rings is 1. The van der Waals surface area contributed by atoms with E-state index in [1.54, 1.807) is 12.1 Å². The Kier molecular flexibility index (Phi) is 6.43. The molecule has 170 valence electrons. The highest BCUT2D eigenvalue weighted by Gasteiger charge is 2.39. The molecular weight excluding hydrogens is 405 g/mol. The number of aliphatic hydroxyl groups excluding tert-OH is 2. The zero-order valence-corrected chi connectivity index (χ0v) is 17.4. The maximum absolute atomic E-state index is 11.8. The molecular formula is C20H30BN3O7. The fourth-order valence-electron chi connectivity index (χ4n) is 4.61. The summed E-state index contributed by atoms with van der Waals surface area (Å²) in [5.41, 5.74) is 6.91. The van der Waals surface area contributed by atoms with Crippen molar-refractivity contribution in [3.63, 3.8) is 0 Å². The fraction of sp³-hybridized carbons (Fsp3) is 0.650. The van der Waals surface area contributed by atoms with E-state index in [4.69, 9.17) is 20.2 Å². The fourth-order valence-corrected chi connectivity index (χ4v) is 4.61. The molecule has 11 heteroatoms. The van der Waals surface area contributed by atoms with Crippen molar-refractivity contribution in [2.75, 3.05) is 39.3 Å². The molecule has 6 N–H and O–H groups in total. The quantitative estimate of drug-likeness (QED) is 0.337. The summed E-state index contributed by atoms with van der Waals surface area (Å²) in [6, 6.07) is 3.46. The molecule has 3 heterocycles. The molecule has 10 nitrogen and oxygen atoms in total. The van der Waals surface area contributed by atoms with Gasteiger partial charge in [0.05, 0.1) is 6.61 Å². The lowest BCUT2D eigenvalue weighted by molar-refractivity contribution is -0.0603. The molecule has 2 fully saturated rings. The lowest BCUT2D eigenvalue weighted by atomic mass is 9.78. The van der Waals surface area contributed by atoms with Crippen LogP contribution in [0.15, 0.2) is 12.1 Å². The van der Waals surface area contributed by atoms with Crippen LogP contribution in [0.4, 0.5) is 0 Å². The summed E-state index contributed by atoms with van der Waals surface area (Å²) in [7, 11) is -1.01. The molecule has 1 aromatic carbocycles. The number of hydrogen-bond donors (Lipinski definition) is 5. The minimum Gasteiger partial charge on any atom is -0.535 e. The Morgan fingerprint density at radius 3 is 2.71 bits per heavy atom. The van der Waals surface area contributed by atoms with Crippen LogP contribution in [0.3, 0.4) is 0 Å². The summed E-state index contributed by atoms with van der Waals surface area (Å²) in [6.45, 7) is 2.96. The van der Waals surface area contributed by atoms with Gasteiger partial charge in [-0.1, -0.05) is 6.07 Å². The number of aliphatic hydroxyl groups is 2. The molecule has 0 spiro atoms. The van der Waals surface area contributed by atoms with Crippen molar-refractivity contribution < 1.29 is 34.5 Å². The molecule has 0 radical (unpaired) electrons. The predicted octanol–water partition coefficient (Wildman–Crippen LogP) is -1.03. The number of ether oxygens (including phenoxy) is 1. The minimum absolute atomic E-state index is 0.0418. The van der Waals surface area contributed by atoms with Crippen LogP contribution in [0.2, 0.25) is 6.32 Å². The van der Waals surface area contributed by atoms with E-state index in [0.717, 1.165) is 18.4 Å². The second-order valence-corrected chi connectivity index (χ2v) is 8.84. The number of nitrogens with two attached hydrogens (primary N) is 1. The normalized spacial score (nSPS) is 22.9. The van der Waals surface area contributed by atoms with E-state index in [1.165, 1.54) is 0 Å². The first-order valence-electron chi connectivity index (χ1n) is 10.7. The number of piperidine rings is 1. The Hall–Kier alpha value is -1.89. The molecule has 0 saturated carbocycles. The summed E-state index contributed by atoms with van der Waals surface area (Å²) in [5, 5.41) is 38.3. The van der Waals surface area contributed by atoms with Gasteiger partial charge in [0.2, 0.25) is 0 Å². The molecule has 0 aliphatic carbocycles. The number of aromatic carboxylic acids is 1. The van der Waals surface area contributed by atoms with Gasteiger partial charge in [-0.2, -0.15) is 0 Å². The molecule has 0 aromatic heterocycles. The van der Waals surface area contributed by atoms with Crippen LogP contribution in [-0.2, 0) is 6.42 Å². The van der Waals surface area contributed by atoms with Crippen molar-refractivity contribution >= 4 is 13.1 Å². The average Bonchev–Trinajstić information content (AvgIpc) is 2.71. The van der Waals surface area contributed by atoms with Crippen LogP contribution in [-0.4, -0.2) is 100 Å². The first-order valence-corrected chi connectivity index (χ1v) is 10.7. The number of carboxylic acid groups (broad SMARTS) is 1. The number of aryl methyl sites for hydroxylation is 1. The van der Waals surface area contributed by atoms with Crippen LogP contribution in [0.5, 0.6) is 11.5 Å². The maximum atomic E-state index is 11.8. The number of rotatable bonds is 7. The highest BCUT2D eigenvalue weighted by Crippen LogP contribution is 2.37. The molecule has 2 saturated heterocycles. The van der Waals surface area contributed by atoms with Gasteiger partial charge >= 0.3 is 13.1 Å². The summed E-state index contributed by atoms with van der Waals surface area (Å²) in [4.78, 5) is 15.9. The van der Waals surface area contributed by atoms with Crippen molar-refractivity contribution in [3.05, 3.63) is 23.3 Å². The average molecular weight is 435 g/mol. The molecule has 3 aliphatic heterocycles. The third-order valence-electron chi connectivity index (χ3n) is 6.46. The second-order valence-electron chi connectivity index (χ2n) is 8.84. The second kappa shape index (κ2) is 8.93. The molecule has 1 aromatic rings. The van der Waals surface area contributed by atoms with Gasteiger partial charge in [0, 0.05) is 38.3 Å². The molecule has 1 unspecified atom stereocenters. The van der Waals surface area contributed by atoms with Gasteiger partial charge in [-0.05, 0) is 37.2 Å². The Morgan fingerprint density at radius 2 is 2.06 bits per heavy atom. The minimum atomic E-state index is -1.14. The Labute approximate surface area is 181 Å². The van der Waals surface area contributed by atoms with Crippen LogP contribution in [0.1, 0.15) is 28.8 Å². The number of hydrogen-bond acceptors (Lipinski definition) is 9. The summed E-state index contributed by atoms with van der Waals surface area (Å²) >= 11 is 0. The first-order chi connectivity index (χ1) is 14.8. The molecule has 1 atom stereocenters. The zero-order valence-electron chi connectivity index (χ0n) is 17.4. The monoisotopic (exact) mass is 435 g/mol. The van der Waals surface area contributed by atoms with E-state index < -0.39 is 19.3 Å². The lowest BCUT2D eigenvalue weighted by Gasteiger charge is -2.47. The van der Waals surface area contributed by atoms with Crippen LogP contribution in [0, 0.1) is 0 Å². The van der Waals surface area contributed by atoms with Crippen molar-refractivity contribution in [3.8, 4) is 11.5 Å². The summed E-state index contributed by atoms with van der Waals surface area (Å²) in [5.74, 6) is -0.703. The van der Waals surface area contributed by atoms with Crippen molar-refractivity contribution in [2.24, 2.45) is 5.73 Å². The van der Waals surface area contributed by atoms with Crippen molar-refractivity contribution in [1.29, 1.82) is 0 Å². The van der Waals surface area contributed by atoms with E-state index in [-0.39, 0.29) is 35.3 Å². The van der Waals surface area contributed by atoms with Crippen molar-refractivity contribution in [2.45, 2.75) is 43.5 Å². The van der Waals surface area contributed by atoms with Gasteiger partial charge < -0.3 is 35.5 Å². The Morgan fingerprint density at radius 1 is 1.35 bits per heavy atom. The number of fused-ring (bicyclic) bond motifs is 1. The van der Waals surface area contributed by atoms with Crippen molar-refractivity contribution in [1.82, 2.24) is 9.80 Å². The highest BCUT2D eigenvalue weighted by atomic mass is 16.5. The highest BCUT2D eigenvalue weighted by molar-refractivity contribution is 6.44. The van der Waals surface area contributed by atoms with Gasteiger partial charge in [-0.3, -0.25) is 9.80 Å². The number of likely N-dealkylation sites (tertiary alicyclic amines) is 2. The maximum Gasteiger partial charge on any atom is 0.522 e. The number of carboxylic acids is 1. The molecule has 4 rings (SSSR count). The topological polar surface area (TPSA) is 149 Å². The van der Waals surface area contributed by atoms with E-state index in [0.29, 0.717) is 45.5 Å². The van der Waals surface area contributed by atoms with E-state index in [1.807, 2.05) is 4.90 Å². The third kappa shape index (κ3) is 4.81. The molecule has 0 amide bonds. The van der Waals surface area contributed by atoms with Crippen LogP contribution in [0.25, 0.3) is 0 Å². The first kappa shape index (κ1) is 22.3. The molecule has 31 heavy (non-hydrogen) atoms. The van der Waals surface area contributed by atoms with Crippen LogP contribution < -0.4 is 15.1 Å². The van der Waals surface area contributed by atoms with Gasteiger partial charge in [-0.25, -0.2) is 4.79 Å². The van der Waals surface area contributed by atoms with E-state index >= 15 is 0 Å². The Bertz CT molecular complexity index is 812. The summed E-state index contributed by atoms with van der Waals surface area (Å²) < 4.78 is 11.4. The summed E-state index contributed by atoms with van der Waals surface area (Å²) in [6.07, 6.45) is 1.45. The SMILES string of the molecule is NC1(CN2CC(Oc3ccc4c(c3C(=O)O)OB(O)CC4)C2)CCN(C(O)CO)CC1. The van der Waals surface area contributed by atoms with Crippen LogP contribution >= 0.6 is 0 Å². The van der Waals surface area contributed by atoms with E-state index in [2.05, 4.69) is 4.90 Å². The number of carbonyl (C=O) groups is 1. The Balaban J connectivity index is 1.33. The lowest BCUT2D eigenvalue weighted by Crippen LogP contribution is -2.63. The van der Waals surface area contributed by atoms with Gasteiger partial charge in [0.1, 0.15) is 29.4 Å². The smallest absolute Gasteiger partial charge is 0.522 e. The standard InChI is InChI=1S/C20H30BN3O7/c22-20(4-7-24(8-5-20)16(26)11-25)12-23-9-14(10-23)30-15-2-1-13-3-6-21(29)31-18(13)17(15)19(27)28/h1-2,14,16,25-26,29H,3-12,22H2,(H,27,28). The zero-order chi connectivity index (χ0) is 22.2. The third-order valence-corrected chi connectivity index (χ3v) is 6.46.